The van der Waals surface area contributed by atoms with Gasteiger partial charge in [0.2, 0.25) is 10.0 Å². The lowest BCUT2D eigenvalue weighted by Gasteiger charge is -2.08. The van der Waals surface area contributed by atoms with Gasteiger partial charge >= 0.3 is 0 Å². The average Bonchev–Trinajstić information content (AvgIpc) is 2.91. The van der Waals surface area contributed by atoms with Gasteiger partial charge in [0.25, 0.3) is 0 Å². The normalized spacial score (nSPS) is 11.7. The fourth-order valence-corrected chi connectivity index (χ4v) is 4.32. The summed E-state index contributed by atoms with van der Waals surface area (Å²) in [5, 5.41) is 4.32. The molecule has 0 fully saturated rings. The molecular weight excluding hydrogens is 353 g/mol. The minimum absolute atomic E-state index is 0.162. The first-order chi connectivity index (χ1) is 12.4. The van der Waals surface area contributed by atoms with Crippen LogP contribution < -0.4 is 4.72 Å². The van der Waals surface area contributed by atoms with Gasteiger partial charge in [-0.05, 0) is 50.1 Å². The highest BCUT2D eigenvalue weighted by molar-refractivity contribution is 7.89. The predicted molar refractivity (Wildman–Crippen MR) is 98.3 cm³/mol. The lowest BCUT2D eigenvalue weighted by molar-refractivity contribution is 0.580. The second kappa shape index (κ2) is 7.39. The number of aryl methyl sites for hydroxylation is 1. The number of hydrogen-bond donors (Lipinski definition) is 1. The Balaban J connectivity index is 1.82. The number of hydrogen-bond acceptors (Lipinski definition) is 3. The number of sulfonamides is 1. The van der Waals surface area contributed by atoms with E-state index in [9.17, 15) is 12.8 Å². The van der Waals surface area contributed by atoms with Gasteiger partial charge in [0.1, 0.15) is 10.7 Å². The average molecular weight is 373 g/mol. The molecule has 0 aliphatic heterocycles. The van der Waals surface area contributed by atoms with Crippen molar-refractivity contribution >= 4 is 10.0 Å². The summed E-state index contributed by atoms with van der Waals surface area (Å²) in [6, 6.07) is 15.4. The molecule has 0 saturated heterocycles. The summed E-state index contributed by atoms with van der Waals surface area (Å²) in [6.07, 6.45) is 0.601. The third-order valence-electron chi connectivity index (χ3n) is 4.11. The van der Waals surface area contributed by atoms with Crippen LogP contribution in [0.15, 0.2) is 59.5 Å². The van der Waals surface area contributed by atoms with Crippen molar-refractivity contribution < 1.29 is 12.8 Å². The van der Waals surface area contributed by atoms with Crippen LogP contribution in [0.4, 0.5) is 4.39 Å². The molecule has 3 rings (SSSR count). The van der Waals surface area contributed by atoms with Crippen molar-refractivity contribution in [1.29, 1.82) is 0 Å². The standard InChI is InChI=1S/C19H20FN3O2S/c1-14-19(15(2)23(22-14)18-10-8-17(20)9-11-18)26(24,25)21-13-12-16-6-4-3-5-7-16/h3-11,21H,12-13H2,1-2H3. The SMILES string of the molecule is Cc1nn(-c2ccc(F)cc2)c(C)c1S(=O)(=O)NCCc1ccccc1. The van der Waals surface area contributed by atoms with Gasteiger partial charge in [0, 0.05) is 6.54 Å². The molecule has 3 aromatic rings. The highest BCUT2D eigenvalue weighted by Crippen LogP contribution is 2.22. The van der Waals surface area contributed by atoms with E-state index in [1.54, 1.807) is 26.0 Å². The van der Waals surface area contributed by atoms with Crippen LogP contribution in [0.5, 0.6) is 0 Å². The molecule has 0 spiro atoms. The first kappa shape index (κ1) is 18.3. The van der Waals surface area contributed by atoms with Crippen LogP contribution in [0.25, 0.3) is 5.69 Å². The van der Waals surface area contributed by atoms with Gasteiger partial charge < -0.3 is 0 Å². The van der Waals surface area contributed by atoms with Crippen molar-refractivity contribution in [2.45, 2.75) is 25.2 Å². The van der Waals surface area contributed by atoms with Crippen molar-refractivity contribution in [3.8, 4) is 5.69 Å². The van der Waals surface area contributed by atoms with Gasteiger partial charge in [-0.1, -0.05) is 30.3 Å². The molecule has 7 heteroatoms. The molecule has 0 aliphatic carbocycles. The van der Waals surface area contributed by atoms with E-state index in [0.717, 1.165) is 5.56 Å². The number of aromatic nitrogens is 2. The number of benzene rings is 2. The van der Waals surface area contributed by atoms with Crippen LogP contribution in [0.2, 0.25) is 0 Å². The molecule has 0 radical (unpaired) electrons. The summed E-state index contributed by atoms with van der Waals surface area (Å²) in [5.41, 5.74) is 2.56. The van der Waals surface area contributed by atoms with Crippen molar-refractivity contribution in [2.75, 3.05) is 6.54 Å². The number of halogens is 1. The Morgan fingerprint density at radius 2 is 1.69 bits per heavy atom. The molecule has 1 aromatic heterocycles. The van der Waals surface area contributed by atoms with Gasteiger partial charge in [-0.3, -0.25) is 0 Å². The summed E-state index contributed by atoms with van der Waals surface area (Å²) in [5.74, 6) is -0.356. The fraction of sp³-hybridized carbons (Fsp3) is 0.211. The van der Waals surface area contributed by atoms with E-state index in [0.29, 0.717) is 30.0 Å². The highest BCUT2D eigenvalue weighted by atomic mass is 32.2. The van der Waals surface area contributed by atoms with E-state index in [-0.39, 0.29) is 10.7 Å². The molecule has 2 aromatic carbocycles. The molecule has 0 aliphatic rings. The second-order valence-electron chi connectivity index (χ2n) is 6.02. The van der Waals surface area contributed by atoms with E-state index >= 15 is 0 Å². The lowest BCUT2D eigenvalue weighted by atomic mass is 10.2. The monoisotopic (exact) mass is 373 g/mol. The topological polar surface area (TPSA) is 64.0 Å². The first-order valence-corrected chi connectivity index (χ1v) is 9.72. The van der Waals surface area contributed by atoms with Crippen molar-refractivity contribution in [3.63, 3.8) is 0 Å². The summed E-state index contributed by atoms with van der Waals surface area (Å²) in [4.78, 5) is 0.162. The number of nitrogens with one attached hydrogen (secondary N) is 1. The predicted octanol–water partition coefficient (Wildman–Crippen LogP) is 3.15. The molecular formula is C19H20FN3O2S. The molecule has 1 heterocycles. The van der Waals surface area contributed by atoms with Gasteiger partial charge in [0.15, 0.2) is 0 Å². The quantitative estimate of drug-likeness (QED) is 0.722. The largest absolute Gasteiger partial charge is 0.244 e. The molecule has 0 amide bonds. The Morgan fingerprint density at radius 1 is 1.04 bits per heavy atom. The smallest absolute Gasteiger partial charge is 0.236 e. The third kappa shape index (κ3) is 3.84. The highest BCUT2D eigenvalue weighted by Gasteiger charge is 2.24. The molecule has 0 bridgehead atoms. The maximum Gasteiger partial charge on any atom is 0.244 e. The van der Waals surface area contributed by atoms with E-state index in [1.807, 2.05) is 30.3 Å². The third-order valence-corrected chi connectivity index (χ3v) is 5.83. The number of rotatable bonds is 6. The molecule has 0 unspecified atom stereocenters. The van der Waals surface area contributed by atoms with Gasteiger partial charge in [-0.25, -0.2) is 22.2 Å². The fourth-order valence-electron chi connectivity index (χ4n) is 2.90. The molecule has 26 heavy (non-hydrogen) atoms. The Kier molecular flexibility index (Phi) is 5.20. The molecule has 136 valence electrons. The summed E-state index contributed by atoms with van der Waals surface area (Å²) in [6.45, 7) is 3.64. The van der Waals surface area contributed by atoms with Crippen LogP contribution in [-0.4, -0.2) is 24.7 Å². The van der Waals surface area contributed by atoms with Gasteiger partial charge in [-0.15, -0.1) is 0 Å². The maximum absolute atomic E-state index is 13.1. The Labute approximate surface area is 152 Å². The second-order valence-corrected chi connectivity index (χ2v) is 7.73. The van der Waals surface area contributed by atoms with Gasteiger partial charge in [0.05, 0.1) is 17.1 Å². The molecule has 0 saturated carbocycles. The Morgan fingerprint density at radius 3 is 2.35 bits per heavy atom. The summed E-state index contributed by atoms with van der Waals surface area (Å²) < 4.78 is 42.7. The van der Waals surface area contributed by atoms with Crippen LogP contribution in [-0.2, 0) is 16.4 Å². The van der Waals surface area contributed by atoms with Crippen LogP contribution in [0.1, 0.15) is 17.0 Å². The van der Waals surface area contributed by atoms with Crippen molar-refractivity contribution in [1.82, 2.24) is 14.5 Å². The molecule has 5 nitrogen and oxygen atoms in total. The lowest BCUT2D eigenvalue weighted by Crippen LogP contribution is -2.27. The van der Waals surface area contributed by atoms with Crippen LogP contribution >= 0.6 is 0 Å². The summed E-state index contributed by atoms with van der Waals surface area (Å²) in [7, 11) is -3.69. The molecule has 1 N–H and O–H groups in total. The number of nitrogens with zero attached hydrogens (tertiary/aromatic N) is 2. The minimum atomic E-state index is -3.69. The van der Waals surface area contributed by atoms with E-state index in [1.165, 1.54) is 16.8 Å². The zero-order chi connectivity index (χ0) is 18.7. The molecule has 0 atom stereocenters. The first-order valence-electron chi connectivity index (χ1n) is 8.24. The van der Waals surface area contributed by atoms with E-state index in [2.05, 4.69) is 9.82 Å². The van der Waals surface area contributed by atoms with Gasteiger partial charge in [-0.2, -0.15) is 5.10 Å². The van der Waals surface area contributed by atoms with E-state index < -0.39 is 10.0 Å². The zero-order valence-electron chi connectivity index (χ0n) is 14.6. The maximum atomic E-state index is 13.1. The van der Waals surface area contributed by atoms with E-state index in [4.69, 9.17) is 0 Å². The zero-order valence-corrected chi connectivity index (χ0v) is 15.4. The van der Waals surface area contributed by atoms with Crippen LogP contribution in [0.3, 0.4) is 0 Å². The van der Waals surface area contributed by atoms with Crippen molar-refractivity contribution in [2.24, 2.45) is 0 Å². The summed E-state index contributed by atoms with van der Waals surface area (Å²) >= 11 is 0. The Hall–Kier alpha value is -2.51. The van der Waals surface area contributed by atoms with Crippen molar-refractivity contribution in [3.05, 3.63) is 77.4 Å². The van der Waals surface area contributed by atoms with Crippen LogP contribution in [0, 0.1) is 19.7 Å². The minimum Gasteiger partial charge on any atom is -0.236 e. The Bertz CT molecular complexity index is 997.